The van der Waals surface area contributed by atoms with Crippen LogP contribution >= 0.6 is 22.9 Å². The Labute approximate surface area is 220 Å². The number of nitrogens with one attached hydrogen (secondary N) is 1. The average Bonchev–Trinajstić information content (AvgIpc) is 3.68. The minimum absolute atomic E-state index is 0.00262. The Balaban J connectivity index is 1.57. The maximum Gasteiger partial charge on any atom is 0.273 e. The lowest BCUT2D eigenvalue weighted by Crippen LogP contribution is -2.45. The number of carbonyl (C=O) groups excluding carboxylic acids is 3. The van der Waals surface area contributed by atoms with Gasteiger partial charge in [-0.05, 0) is 48.0 Å². The van der Waals surface area contributed by atoms with Crippen LogP contribution in [0.25, 0.3) is 0 Å². The van der Waals surface area contributed by atoms with Gasteiger partial charge in [0.1, 0.15) is 18.1 Å². The van der Waals surface area contributed by atoms with E-state index in [0.717, 1.165) is 24.4 Å². The number of primary amides is 1. The zero-order chi connectivity index (χ0) is 25.9. The molecule has 0 aliphatic carbocycles. The van der Waals surface area contributed by atoms with Gasteiger partial charge in [0.05, 0.1) is 11.8 Å². The molecule has 194 valence electrons. The number of fused-ring (bicyclic) bond motifs is 1. The lowest BCUT2D eigenvalue weighted by molar-refractivity contribution is -0.122. The highest BCUT2D eigenvalue weighted by Gasteiger charge is 2.37. The molecule has 2 aromatic heterocycles. The van der Waals surface area contributed by atoms with E-state index in [2.05, 4.69) is 9.69 Å². The first-order chi connectivity index (χ1) is 17.9. The zero-order valence-corrected chi connectivity index (χ0v) is 21.3. The summed E-state index contributed by atoms with van der Waals surface area (Å²) in [5.74, 6) is -0.861. The topological polar surface area (TPSA) is 159 Å². The fraction of sp³-hybridized carbons (Fsp3) is 0.333. The predicted octanol–water partition coefficient (Wildman–Crippen LogP) is 2.34. The summed E-state index contributed by atoms with van der Waals surface area (Å²) in [6.45, 7) is 1.73. The van der Waals surface area contributed by atoms with Gasteiger partial charge < -0.3 is 31.0 Å². The molecular formula is C24H25N5O6S2. The van der Waals surface area contributed by atoms with Crippen LogP contribution in [0.4, 0.5) is 11.4 Å². The van der Waals surface area contributed by atoms with Gasteiger partial charge in [0, 0.05) is 29.8 Å². The third-order valence-corrected chi connectivity index (χ3v) is 7.80. The van der Waals surface area contributed by atoms with Crippen molar-refractivity contribution in [1.29, 1.82) is 0 Å². The highest BCUT2D eigenvalue weighted by atomic mass is 32.1. The monoisotopic (exact) mass is 543 g/mol. The number of hydrogen-bond acceptors (Lipinski definition) is 10. The molecule has 37 heavy (non-hydrogen) atoms. The minimum atomic E-state index is -1.05. The predicted molar refractivity (Wildman–Crippen MR) is 138 cm³/mol. The summed E-state index contributed by atoms with van der Waals surface area (Å²) in [5, 5.41) is 4.77. The third-order valence-electron chi connectivity index (χ3n) is 6.03. The molecule has 2 atom stereocenters. The number of nitrogens with two attached hydrogens (primary N) is 2. The molecule has 0 spiro atoms. The van der Waals surface area contributed by atoms with E-state index in [1.54, 1.807) is 30.3 Å². The van der Waals surface area contributed by atoms with Crippen LogP contribution in [0.3, 0.4) is 0 Å². The Bertz CT molecular complexity index is 1300. The number of aromatic nitrogens is 1. The van der Waals surface area contributed by atoms with Crippen molar-refractivity contribution in [1.82, 2.24) is 9.69 Å². The maximum atomic E-state index is 14.1. The van der Waals surface area contributed by atoms with Crippen LogP contribution in [-0.2, 0) is 9.53 Å². The summed E-state index contributed by atoms with van der Waals surface area (Å²) in [7, 11) is 0. The number of benzene rings is 1. The number of thiophene rings is 1. The van der Waals surface area contributed by atoms with Crippen LogP contribution in [0, 0.1) is 0 Å². The van der Waals surface area contributed by atoms with E-state index in [4.69, 9.17) is 25.7 Å². The van der Waals surface area contributed by atoms with Crippen LogP contribution in [0.5, 0.6) is 11.5 Å². The van der Waals surface area contributed by atoms with Crippen LogP contribution < -0.4 is 31.2 Å². The molecule has 1 saturated heterocycles. The van der Waals surface area contributed by atoms with Crippen molar-refractivity contribution in [2.24, 2.45) is 5.73 Å². The van der Waals surface area contributed by atoms with Crippen molar-refractivity contribution >= 4 is 52.0 Å². The number of amides is 3. The Morgan fingerprint density at radius 2 is 1.97 bits per heavy atom. The molecule has 4 heterocycles. The molecule has 1 aromatic carbocycles. The second-order valence-electron chi connectivity index (χ2n) is 8.44. The van der Waals surface area contributed by atoms with Gasteiger partial charge in [-0.2, -0.15) is 4.37 Å². The molecule has 2 unspecified atom stereocenters. The lowest BCUT2D eigenvalue weighted by atomic mass is 10.1. The van der Waals surface area contributed by atoms with E-state index >= 15 is 0 Å². The largest absolute Gasteiger partial charge is 0.486 e. The summed E-state index contributed by atoms with van der Waals surface area (Å²) in [4.78, 5) is 41.5. The van der Waals surface area contributed by atoms with Crippen LogP contribution in [0.2, 0.25) is 0 Å². The van der Waals surface area contributed by atoms with Gasteiger partial charge in [-0.1, -0.05) is 6.07 Å². The average molecular weight is 544 g/mol. The van der Waals surface area contributed by atoms with Gasteiger partial charge in [0.2, 0.25) is 5.91 Å². The highest BCUT2D eigenvalue weighted by molar-refractivity contribution is 7.10. The molecule has 0 bridgehead atoms. The number of nitrogen functional groups attached to an aromatic ring is 1. The van der Waals surface area contributed by atoms with Crippen molar-refractivity contribution in [3.8, 4) is 11.5 Å². The van der Waals surface area contributed by atoms with E-state index in [9.17, 15) is 14.4 Å². The molecule has 2 aliphatic heterocycles. The molecule has 0 saturated carbocycles. The summed E-state index contributed by atoms with van der Waals surface area (Å²) >= 11 is 2.09. The van der Waals surface area contributed by atoms with E-state index in [0.29, 0.717) is 48.4 Å². The zero-order valence-electron chi connectivity index (χ0n) is 19.7. The SMILES string of the molecule is NC(=O)c1nsc(C(=O)N(c2ccc3c(c2)OCCO3)C(C(=O)NCC2CCCO2)c2cccs2)c1N. The van der Waals surface area contributed by atoms with Gasteiger partial charge in [-0.25, -0.2) is 0 Å². The number of anilines is 2. The van der Waals surface area contributed by atoms with Crippen molar-refractivity contribution in [3.63, 3.8) is 0 Å². The van der Waals surface area contributed by atoms with Crippen LogP contribution in [-0.4, -0.2) is 54.6 Å². The first-order valence-electron chi connectivity index (χ1n) is 11.6. The molecule has 11 nitrogen and oxygen atoms in total. The fourth-order valence-corrected chi connectivity index (χ4v) is 5.80. The lowest BCUT2D eigenvalue weighted by Gasteiger charge is -2.31. The standard InChI is InChI=1S/C24H25N5O6S2/c25-18-19(22(26)30)28-37-21(18)24(32)29(13-5-6-15-16(11-13)35-9-8-34-15)20(17-4-2-10-36-17)23(31)27-12-14-3-1-7-33-14/h2,4-6,10-11,14,20H,1,3,7-9,12,25H2,(H2,26,30)(H,27,31). The molecule has 2 aliphatic rings. The Kier molecular flexibility index (Phi) is 7.26. The molecule has 3 aromatic rings. The molecular weight excluding hydrogens is 518 g/mol. The van der Waals surface area contributed by atoms with Gasteiger partial charge in [0.15, 0.2) is 23.2 Å². The number of ether oxygens (including phenoxy) is 3. The Morgan fingerprint density at radius 3 is 2.65 bits per heavy atom. The summed E-state index contributed by atoms with van der Waals surface area (Å²) < 4.78 is 21.0. The van der Waals surface area contributed by atoms with Crippen molar-refractivity contribution in [3.05, 3.63) is 51.2 Å². The summed E-state index contributed by atoms with van der Waals surface area (Å²) in [6, 6.07) is 7.54. The van der Waals surface area contributed by atoms with E-state index in [1.165, 1.54) is 16.2 Å². The third kappa shape index (κ3) is 5.10. The van der Waals surface area contributed by atoms with Gasteiger partial charge >= 0.3 is 0 Å². The van der Waals surface area contributed by atoms with Gasteiger partial charge in [-0.3, -0.25) is 19.3 Å². The van der Waals surface area contributed by atoms with Crippen LogP contribution in [0.15, 0.2) is 35.7 Å². The number of carbonyl (C=O) groups is 3. The molecule has 5 N–H and O–H groups in total. The molecule has 3 amide bonds. The summed E-state index contributed by atoms with van der Waals surface area (Å²) in [6.07, 6.45) is 1.70. The maximum absolute atomic E-state index is 14.1. The quantitative estimate of drug-likeness (QED) is 0.390. The fourth-order valence-electron chi connectivity index (χ4n) is 4.24. The van der Waals surface area contributed by atoms with Crippen LogP contribution in [0.1, 0.15) is 43.9 Å². The van der Waals surface area contributed by atoms with Crippen molar-refractivity contribution in [2.75, 3.05) is 37.0 Å². The van der Waals surface area contributed by atoms with Gasteiger partial charge in [0.25, 0.3) is 11.8 Å². The molecule has 1 fully saturated rings. The Morgan fingerprint density at radius 1 is 1.16 bits per heavy atom. The van der Waals surface area contributed by atoms with E-state index < -0.39 is 17.9 Å². The summed E-state index contributed by atoms with van der Waals surface area (Å²) in [5.41, 5.74) is 11.5. The molecule has 0 radical (unpaired) electrons. The first kappa shape index (κ1) is 25.0. The smallest absolute Gasteiger partial charge is 0.273 e. The normalized spacial score (nSPS) is 17.2. The van der Waals surface area contributed by atoms with E-state index in [-0.39, 0.29) is 28.3 Å². The first-order valence-corrected chi connectivity index (χ1v) is 13.3. The highest BCUT2D eigenvalue weighted by Crippen LogP contribution is 2.39. The van der Waals surface area contributed by atoms with Crippen molar-refractivity contribution < 1.29 is 28.6 Å². The van der Waals surface area contributed by atoms with E-state index in [1.807, 2.05) is 5.38 Å². The second kappa shape index (κ2) is 10.7. The molecule has 5 rings (SSSR count). The number of hydrogen-bond donors (Lipinski definition) is 3. The minimum Gasteiger partial charge on any atom is -0.486 e. The van der Waals surface area contributed by atoms with Gasteiger partial charge in [-0.15, -0.1) is 11.3 Å². The second-order valence-corrected chi connectivity index (χ2v) is 10.2. The Hall–Kier alpha value is -3.68. The molecule has 13 heteroatoms. The number of nitrogens with zero attached hydrogens (tertiary/aromatic N) is 2. The van der Waals surface area contributed by atoms with Crippen molar-refractivity contribution in [2.45, 2.75) is 25.0 Å². The number of rotatable bonds is 8.